The Morgan fingerprint density at radius 3 is 2.93 bits per heavy atom. The van der Waals surface area contributed by atoms with E-state index in [0.29, 0.717) is 9.87 Å². The molecule has 1 N–H and O–H groups in total. The Balaban J connectivity index is 2.61. The van der Waals surface area contributed by atoms with Gasteiger partial charge >= 0.3 is 6.03 Å². The van der Waals surface area contributed by atoms with E-state index in [4.69, 9.17) is 0 Å². The molecule has 0 fully saturated rings. The molecule has 0 saturated heterocycles. The van der Waals surface area contributed by atoms with Crippen LogP contribution >= 0.6 is 0 Å². The van der Waals surface area contributed by atoms with Gasteiger partial charge in [-0.2, -0.15) is 4.31 Å². The lowest BCUT2D eigenvalue weighted by Crippen LogP contribution is -2.47. The average molecular weight is 228 g/mol. The zero-order valence-electron chi connectivity index (χ0n) is 7.84. The lowest BCUT2D eigenvalue weighted by Gasteiger charge is -2.25. The van der Waals surface area contributed by atoms with Crippen molar-refractivity contribution in [3.8, 4) is 0 Å². The van der Waals surface area contributed by atoms with Crippen LogP contribution in [0.4, 0.5) is 10.6 Å². The summed E-state index contributed by atoms with van der Waals surface area (Å²) in [5, 5.41) is 2.42. The number of carbonyl (C=O) groups excluding carboxylic acids is 1. The first-order valence-electron chi connectivity index (χ1n) is 4.07. The van der Waals surface area contributed by atoms with E-state index < -0.39 is 16.1 Å². The molecule has 0 atom stereocenters. The normalized spacial score (nSPS) is 15.8. The Kier molecular flexibility index (Phi) is 2.07. The summed E-state index contributed by atoms with van der Waals surface area (Å²) in [5.74, 6) is 0.122. The molecule has 0 aromatic carbocycles. The number of aromatic nitrogens is 2. The zero-order chi connectivity index (χ0) is 11.1. The summed E-state index contributed by atoms with van der Waals surface area (Å²) in [6, 6.07) is -0.691. The predicted octanol–water partition coefficient (Wildman–Crippen LogP) is -0.534. The van der Waals surface area contributed by atoms with Crippen molar-refractivity contribution in [2.24, 2.45) is 0 Å². The van der Waals surface area contributed by atoms with Crippen molar-refractivity contribution in [2.45, 2.75) is 6.54 Å². The zero-order valence-corrected chi connectivity index (χ0v) is 8.65. The molecule has 15 heavy (non-hydrogen) atoms. The molecule has 0 bridgehead atoms. The third-order valence-electron chi connectivity index (χ3n) is 1.90. The molecule has 1 aromatic rings. The molecular formula is C7H8N4O3S. The molecule has 1 aliphatic rings. The van der Waals surface area contributed by atoms with Crippen molar-refractivity contribution < 1.29 is 13.2 Å². The van der Waals surface area contributed by atoms with Gasteiger partial charge in [0, 0.05) is 18.3 Å². The van der Waals surface area contributed by atoms with Crippen LogP contribution in [0.3, 0.4) is 0 Å². The summed E-state index contributed by atoms with van der Waals surface area (Å²) in [6.07, 6.45) is 3.62. The van der Waals surface area contributed by atoms with Crippen molar-refractivity contribution in [2.75, 3.05) is 10.6 Å². The molecule has 2 heterocycles. The summed E-state index contributed by atoms with van der Waals surface area (Å²) in [4.78, 5) is 18.9. The van der Waals surface area contributed by atoms with Gasteiger partial charge in [0.25, 0.3) is 0 Å². The van der Waals surface area contributed by atoms with E-state index in [9.17, 15) is 13.2 Å². The first kappa shape index (κ1) is 9.84. The Morgan fingerprint density at radius 1 is 1.53 bits per heavy atom. The van der Waals surface area contributed by atoms with Gasteiger partial charge in [-0.15, -0.1) is 0 Å². The Bertz CT molecular complexity index is 513. The van der Waals surface area contributed by atoms with Crippen LogP contribution in [0, 0.1) is 0 Å². The highest BCUT2D eigenvalue weighted by Crippen LogP contribution is 2.22. The maximum atomic E-state index is 11.4. The van der Waals surface area contributed by atoms with E-state index in [2.05, 4.69) is 15.3 Å². The van der Waals surface area contributed by atoms with Crippen LogP contribution in [0.25, 0.3) is 0 Å². The third-order valence-corrected chi connectivity index (χ3v) is 2.90. The van der Waals surface area contributed by atoms with Gasteiger partial charge in [-0.25, -0.2) is 23.2 Å². The second-order valence-electron chi connectivity index (χ2n) is 3.06. The van der Waals surface area contributed by atoms with E-state index in [1.165, 1.54) is 12.5 Å². The van der Waals surface area contributed by atoms with E-state index in [1.807, 2.05) is 0 Å². The average Bonchev–Trinajstić information content (AvgIpc) is 2.15. The number of sulfonamides is 1. The number of fused-ring (bicyclic) bond motifs is 1. The van der Waals surface area contributed by atoms with Crippen molar-refractivity contribution in [3.63, 3.8) is 0 Å². The number of anilines is 1. The van der Waals surface area contributed by atoms with Crippen LogP contribution in [-0.2, 0) is 16.6 Å². The minimum atomic E-state index is -3.66. The van der Waals surface area contributed by atoms with Crippen molar-refractivity contribution in [1.29, 1.82) is 0 Å². The fraction of sp³-hybridized carbons (Fsp3) is 0.286. The van der Waals surface area contributed by atoms with Gasteiger partial charge in [0.05, 0.1) is 6.26 Å². The summed E-state index contributed by atoms with van der Waals surface area (Å²) in [6.45, 7) is 0.237. The largest absolute Gasteiger partial charge is 0.337 e. The van der Waals surface area contributed by atoms with Crippen LogP contribution in [0.2, 0.25) is 0 Å². The number of carbonyl (C=O) groups is 1. The van der Waals surface area contributed by atoms with Crippen LogP contribution in [0.15, 0.2) is 12.5 Å². The highest BCUT2D eigenvalue weighted by atomic mass is 32.2. The van der Waals surface area contributed by atoms with Crippen LogP contribution in [-0.4, -0.2) is 30.7 Å². The number of rotatable bonds is 1. The van der Waals surface area contributed by atoms with Crippen molar-refractivity contribution in [3.05, 3.63) is 18.1 Å². The molecule has 0 radical (unpaired) electrons. The molecule has 8 heteroatoms. The first-order chi connectivity index (χ1) is 7.00. The van der Waals surface area contributed by atoms with Gasteiger partial charge in [-0.1, -0.05) is 0 Å². The minimum absolute atomic E-state index is 0.122. The SMILES string of the molecule is CS(=O)(=O)N1C(=O)NCc2cncnc21. The van der Waals surface area contributed by atoms with Gasteiger partial charge < -0.3 is 5.32 Å². The molecule has 2 amide bonds. The summed E-state index contributed by atoms with van der Waals surface area (Å²) >= 11 is 0. The molecule has 1 aromatic heterocycles. The standard InChI is InChI=1S/C7H8N4O3S/c1-15(13,14)11-6-5(2-8-4-10-6)3-9-7(11)12/h2,4H,3H2,1H3,(H,9,12). The maximum Gasteiger partial charge on any atom is 0.337 e. The van der Waals surface area contributed by atoms with Gasteiger partial charge in [0.1, 0.15) is 6.33 Å². The second-order valence-corrected chi connectivity index (χ2v) is 4.89. The van der Waals surface area contributed by atoms with Gasteiger partial charge in [-0.3, -0.25) is 0 Å². The Labute approximate surface area is 86.2 Å². The molecule has 0 aliphatic carbocycles. The highest BCUT2D eigenvalue weighted by Gasteiger charge is 2.32. The highest BCUT2D eigenvalue weighted by molar-refractivity contribution is 7.92. The van der Waals surface area contributed by atoms with E-state index in [0.717, 1.165) is 6.26 Å². The van der Waals surface area contributed by atoms with Gasteiger partial charge in [0.15, 0.2) is 5.82 Å². The molecular weight excluding hydrogens is 220 g/mol. The maximum absolute atomic E-state index is 11.4. The number of nitrogens with one attached hydrogen (secondary N) is 1. The lowest BCUT2D eigenvalue weighted by molar-refractivity contribution is 0.248. The second kappa shape index (κ2) is 3.16. The van der Waals surface area contributed by atoms with E-state index in [-0.39, 0.29) is 12.4 Å². The fourth-order valence-corrected chi connectivity index (χ4v) is 2.15. The smallest absolute Gasteiger partial charge is 0.333 e. The third kappa shape index (κ3) is 1.63. The van der Waals surface area contributed by atoms with Crippen LogP contribution in [0.1, 0.15) is 5.56 Å². The minimum Gasteiger partial charge on any atom is -0.333 e. The Morgan fingerprint density at radius 2 is 2.27 bits per heavy atom. The molecule has 2 rings (SSSR count). The van der Waals surface area contributed by atoms with Gasteiger partial charge in [0.2, 0.25) is 10.0 Å². The molecule has 0 unspecified atom stereocenters. The summed E-state index contributed by atoms with van der Waals surface area (Å²) in [7, 11) is -3.66. The van der Waals surface area contributed by atoms with Crippen LogP contribution < -0.4 is 9.62 Å². The Hall–Kier alpha value is -1.70. The number of hydrogen-bond donors (Lipinski definition) is 1. The lowest BCUT2D eigenvalue weighted by atomic mass is 10.3. The predicted molar refractivity (Wildman–Crippen MR) is 51.6 cm³/mol. The number of hydrogen-bond acceptors (Lipinski definition) is 5. The van der Waals surface area contributed by atoms with Crippen molar-refractivity contribution >= 4 is 21.9 Å². The number of nitrogens with zero attached hydrogens (tertiary/aromatic N) is 3. The summed E-state index contributed by atoms with van der Waals surface area (Å²) in [5.41, 5.74) is 0.572. The first-order valence-corrected chi connectivity index (χ1v) is 5.92. The molecule has 1 aliphatic heterocycles. The molecule has 0 spiro atoms. The molecule has 80 valence electrons. The molecule has 0 saturated carbocycles. The van der Waals surface area contributed by atoms with Crippen LogP contribution in [0.5, 0.6) is 0 Å². The number of urea groups is 1. The monoisotopic (exact) mass is 228 g/mol. The molecule has 7 nitrogen and oxygen atoms in total. The fourth-order valence-electron chi connectivity index (χ4n) is 1.31. The van der Waals surface area contributed by atoms with E-state index >= 15 is 0 Å². The summed E-state index contributed by atoms with van der Waals surface area (Å²) < 4.78 is 23.4. The number of amides is 2. The van der Waals surface area contributed by atoms with Crippen molar-refractivity contribution in [1.82, 2.24) is 15.3 Å². The van der Waals surface area contributed by atoms with E-state index in [1.54, 1.807) is 0 Å². The topological polar surface area (TPSA) is 92.3 Å². The quantitative estimate of drug-likeness (QED) is 0.697. The van der Waals surface area contributed by atoms with Gasteiger partial charge in [-0.05, 0) is 0 Å².